The standard InChI is InChI=1S/C10H13N7O3/c1-15-10(8(6-12-15)17(19)20)16-4-2-7(13-14-11)9(18)3-5-16/h6-7H,2-5H2,1H3. The number of carbonyl (C=O) groups excluding carboxylic acids is 1. The Morgan fingerprint density at radius 2 is 2.35 bits per heavy atom. The maximum absolute atomic E-state index is 11.8. The quantitative estimate of drug-likeness (QED) is 0.269. The fraction of sp³-hybridized carbons (Fsp3) is 0.600. The molecule has 0 bridgehead atoms. The molecule has 106 valence electrons. The van der Waals surface area contributed by atoms with Crippen molar-refractivity contribution < 1.29 is 9.72 Å². The van der Waals surface area contributed by atoms with E-state index in [1.165, 1.54) is 10.9 Å². The second-order valence-corrected chi connectivity index (χ2v) is 4.45. The lowest BCUT2D eigenvalue weighted by Gasteiger charge is -2.21. The van der Waals surface area contributed by atoms with E-state index in [0.717, 1.165) is 0 Å². The summed E-state index contributed by atoms with van der Waals surface area (Å²) in [6, 6.07) is -0.697. The number of azide groups is 1. The average molecular weight is 279 g/mol. The summed E-state index contributed by atoms with van der Waals surface area (Å²) in [5.74, 6) is 0.222. The van der Waals surface area contributed by atoms with E-state index in [4.69, 9.17) is 5.53 Å². The van der Waals surface area contributed by atoms with Gasteiger partial charge in [0, 0.05) is 31.5 Å². The number of ketones is 1. The van der Waals surface area contributed by atoms with Gasteiger partial charge in [-0.15, -0.1) is 0 Å². The highest BCUT2D eigenvalue weighted by molar-refractivity contribution is 5.85. The molecule has 0 N–H and O–H groups in total. The summed E-state index contributed by atoms with van der Waals surface area (Å²) in [6.07, 6.45) is 1.71. The molecule has 2 rings (SSSR count). The van der Waals surface area contributed by atoms with Crippen molar-refractivity contribution >= 4 is 17.3 Å². The molecule has 10 heteroatoms. The zero-order valence-corrected chi connectivity index (χ0v) is 10.8. The van der Waals surface area contributed by atoms with Gasteiger partial charge in [0.2, 0.25) is 5.82 Å². The van der Waals surface area contributed by atoms with Gasteiger partial charge >= 0.3 is 5.69 Å². The minimum atomic E-state index is -0.697. The van der Waals surface area contributed by atoms with Gasteiger partial charge in [0.1, 0.15) is 12.0 Å². The van der Waals surface area contributed by atoms with Crippen LogP contribution in [0, 0.1) is 10.1 Å². The number of nitro groups is 1. The van der Waals surface area contributed by atoms with Crippen molar-refractivity contribution in [3.8, 4) is 0 Å². The molecule has 10 nitrogen and oxygen atoms in total. The third-order valence-corrected chi connectivity index (χ3v) is 3.25. The summed E-state index contributed by atoms with van der Waals surface area (Å²) in [5, 5.41) is 18.3. The number of anilines is 1. The van der Waals surface area contributed by atoms with E-state index in [1.54, 1.807) is 11.9 Å². The van der Waals surface area contributed by atoms with E-state index < -0.39 is 11.0 Å². The highest BCUT2D eigenvalue weighted by Gasteiger charge is 2.29. The summed E-state index contributed by atoms with van der Waals surface area (Å²) in [4.78, 5) is 26.7. The van der Waals surface area contributed by atoms with Crippen molar-refractivity contribution in [3.05, 3.63) is 26.8 Å². The predicted octanol–water partition coefficient (Wildman–Crippen LogP) is 1.18. The van der Waals surface area contributed by atoms with Crippen LogP contribution < -0.4 is 4.90 Å². The second kappa shape index (κ2) is 5.57. The van der Waals surface area contributed by atoms with E-state index >= 15 is 0 Å². The molecule has 0 aromatic carbocycles. The third-order valence-electron chi connectivity index (χ3n) is 3.25. The number of nitrogens with zero attached hydrogens (tertiary/aromatic N) is 7. The second-order valence-electron chi connectivity index (χ2n) is 4.45. The Hall–Kier alpha value is -2.61. The molecule has 1 fully saturated rings. The van der Waals surface area contributed by atoms with Crippen LogP contribution in [0.3, 0.4) is 0 Å². The fourth-order valence-electron chi connectivity index (χ4n) is 2.27. The van der Waals surface area contributed by atoms with Crippen LogP contribution in [0.5, 0.6) is 0 Å². The molecule has 2 heterocycles. The number of carbonyl (C=O) groups is 1. The molecule has 1 unspecified atom stereocenters. The first-order chi connectivity index (χ1) is 9.54. The zero-order valence-electron chi connectivity index (χ0n) is 10.8. The highest BCUT2D eigenvalue weighted by atomic mass is 16.6. The Morgan fingerprint density at radius 1 is 1.60 bits per heavy atom. The molecule has 1 aromatic rings. The number of hydrogen-bond acceptors (Lipinski definition) is 6. The summed E-state index contributed by atoms with van der Waals surface area (Å²) < 4.78 is 1.41. The Balaban J connectivity index is 2.27. The minimum Gasteiger partial charge on any atom is -0.351 e. The maximum Gasteiger partial charge on any atom is 0.331 e. The first-order valence-corrected chi connectivity index (χ1v) is 6.03. The molecule has 1 aromatic heterocycles. The average Bonchev–Trinajstić information content (AvgIpc) is 2.70. The number of aromatic nitrogens is 2. The molecule has 0 spiro atoms. The van der Waals surface area contributed by atoms with Crippen molar-refractivity contribution in [2.75, 3.05) is 18.0 Å². The molecule has 0 aliphatic carbocycles. The van der Waals surface area contributed by atoms with Crippen molar-refractivity contribution in [1.82, 2.24) is 9.78 Å². The van der Waals surface area contributed by atoms with Gasteiger partial charge in [-0.1, -0.05) is 5.11 Å². The van der Waals surface area contributed by atoms with E-state index in [-0.39, 0.29) is 17.9 Å². The topological polar surface area (TPSA) is 130 Å². The van der Waals surface area contributed by atoms with Gasteiger partial charge in [-0.05, 0) is 12.0 Å². The Labute approximate surface area is 113 Å². The normalized spacial score (nSPS) is 19.4. The van der Waals surface area contributed by atoms with Crippen molar-refractivity contribution in [1.29, 1.82) is 0 Å². The van der Waals surface area contributed by atoms with Crippen LogP contribution in [-0.4, -0.2) is 39.6 Å². The lowest BCUT2D eigenvalue weighted by molar-refractivity contribution is -0.384. The number of Topliss-reactive ketones (excluding diaryl/α,β-unsaturated/α-hetero) is 1. The van der Waals surface area contributed by atoms with Gasteiger partial charge in [-0.3, -0.25) is 14.9 Å². The molecular formula is C10H13N7O3. The van der Waals surface area contributed by atoms with Crippen LogP contribution in [0.4, 0.5) is 11.5 Å². The fourth-order valence-corrected chi connectivity index (χ4v) is 2.27. The lowest BCUT2D eigenvalue weighted by Crippen LogP contribution is -2.27. The first kappa shape index (κ1) is 13.8. The highest BCUT2D eigenvalue weighted by Crippen LogP contribution is 2.28. The SMILES string of the molecule is Cn1ncc([N+](=O)[O-])c1N1CCC(=O)C(N=[N+]=[N-])CC1. The van der Waals surface area contributed by atoms with Gasteiger partial charge in [-0.25, -0.2) is 4.68 Å². The molecule has 1 saturated heterocycles. The zero-order chi connectivity index (χ0) is 14.7. The number of rotatable bonds is 3. The van der Waals surface area contributed by atoms with Crippen LogP contribution in [0.1, 0.15) is 12.8 Å². The Bertz CT molecular complexity index is 590. The van der Waals surface area contributed by atoms with Crippen LogP contribution in [0.2, 0.25) is 0 Å². The largest absolute Gasteiger partial charge is 0.351 e. The van der Waals surface area contributed by atoms with Crippen molar-refractivity contribution in [2.24, 2.45) is 12.2 Å². The van der Waals surface area contributed by atoms with Crippen molar-refractivity contribution in [3.63, 3.8) is 0 Å². The monoisotopic (exact) mass is 279 g/mol. The first-order valence-electron chi connectivity index (χ1n) is 6.03. The number of hydrogen-bond donors (Lipinski definition) is 0. The van der Waals surface area contributed by atoms with Gasteiger partial charge in [-0.2, -0.15) is 5.10 Å². The Morgan fingerprint density at radius 3 is 3.00 bits per heavy atom. The maximum atomic E-state index is 11.8. The lowest BCUT2D eigenvalue weighted by atomic mass is 10.1. The third kappa shape index (κ3) is 2.54. The predicted molar refractivity (Wildman–Crippen MR) is 69.3 cm³/mol. The van der Waals surface area contributed by atoms with Gasteiger partial charge < -0.3 is 4.90 Å². The molecule has 0 amide bonds. The van der Waals surface area contributed by atoms with Gasteiger partial charge in [0.15, 0.2) is 0 Å². The Kier molecular flexibility index (Phi) is 3.85. The molecule has 1 aliphatic rings. The molecular weight excluding hydrogens is 266 g/mol. The van der Waals surface area contributed by atoms with Gasteiger partial charge in [0.05, 0.1) is 11.0 Å². The molecule has 0 saturated carbocycles. The van der Waals surface area contributed by atoms with Crippen LogP contribution in [-0.2, 0) is 11.8 Å². The summed E-state index contributed by atoms with van der Waals surface area (Å²) >= 11 is 0. The smallest absolute Gasteiger partial charge is 0.331 e. The van der Waals surface area contributed by atoms with Crippen LogP contribution in [0.15, 0.2) is 11.3 Å². The minimum absolute atomic E-state index is 0.0952. The molecule has 1 aliphatic heterocycles. The van der Waals surface area contributed by atoms with E-state index in [1.807, 2.05) is 0 Å². The van der Waals surface area contributed by atoms with Crippen molar-refractivity contribution in [2.45, 2.75) is 18.9 Å². The van der Waals surface area contributed by atoms with Crippen LogP contribution >= 0.6 is 0 Å². The van der Waals surface area contributed by atoms with E-state index in [9.17, 15) is 14.9 Å². The van der Waals surface area contributed by atoms with E-state index in [0.29, 0.717) is 25.3 Å². The number of aryl methyl sites for hydroxylation is 1. The molecule has 20 heavy (non-hydrogen) atoms. The molecule has 0 radical (unpaired) electrons. The molecule has 1 atom stereocenters. The summed E-state index contributed by atoms with van der Waals surface area (Å²) in [5.41, 5.74) is 8.33. The summed E-state index contributed by atoms with van der Waals surface area (Å²) in [6.45, 7) is 0.743. The van der Waals surface area contributed by atoms with E-state index in [2.05, 4.69) is 15.1 Å². The summed E-state index contributed by atoms with van der Waals surface area (Å²) in [7, 11) is 1.61. The van der Waals surface area contributed by atoms with Crippen LogP contribution in [0.25, 0.3) is 10.4 Å². The van der Waals surface area contributed by atoms with Gasteiger partial charge in [0.25, 0.3) is 0 Å².